The fourth-order valence-electron chi connectivity index (χ4n) is 2.91. The third-order valence-electron chi connectivity index (χ3n) is 4.21. The zero-order chi connectivity index (χ0) is 18.1. The van der Waals surface area contributed by atoms with Crippen molar-refractivity contribution in [1.82, 2.24) is 14.7 Å². The number of fused-ring (bicyclic) bond motifs is 2. The third-order valence-corrected chi connectivity index (χ3v) is 4.98. The first-order valence-electron chi connectivity index (χ1n) is 8.32. The highest BCUT2D eigenvalue weighted by atomic mass is 32.1. The maximum atomic E-state index is 12.3. The van der Waals surface area contributed by atoms with E-state index in [2.05, 4.69) is 10.3 Å². The van der Waals surface area contributed by atoms with Crippen molar-refractivity contribution >= 4 is 33.8 Å². The van der Waals surface area contributed by atoms with Gasteiger partial charge < -0.3 is 10.1 Å². The van der Waals surface area contributed by atoms with Gasteiger partial charge in [0.25, 0.3) is 5.91 Å². The smallest absolute Gasteiger partial charge is 0.265 e. The Morgan fingerprint density at radius 1 is 1.42 bits per heavy atom. The number of carbonyl (C=O) groups excluding carboxylic acids is 2. The van der Waals surface area contributed by atoms with E-state index in [1.165, 1.54) is 4.90 Å². The van der Waals surface area contributed by atoms with Gasteiger partial charge in [-0.2, -0.15) is 0 Å². The first kappa shape index (κ1) is 16.6. The summed E-state index contributed by atoms with van der Waals surface area (Å²) < 4.78 is 7.40. The van der Waals surface area contributed by atoms with Gasteiger partial charge in [-0.15, -0.1) is 11.3 Å². The molecule has 0 fully saturated rings. The largest absolute Gasteiger partial charge is 0.482 e. The van der Waals surface area contributed by atoms with Crippen LogP contribution in [0.15, 0.2) is 36.0 Å². The maximum absolute atomic E-state index is 12.3. The van der Waals surface area contributed by atoms with Gasteiger partial charge in [-0.3, -0.25) is 18.9 Å². The molecule has 2 aromatic heterocycles. The summed E-state index contributed by atoms with van der Waals surface area (Å²) in [6.45, 7) is 2.35. The molecular weight excluding hydrogens is 352 g/mol. The Labute approximate surface area is 154 Å². The predicted molar refractivity (Wildman–Crippen MR) is 98.8 cm³/mol. The van der Waals surface area contributed by atoms with E-state index < -0.39 is 0 Å². The lowest BCUT2D eigenvalue weighted by atomic mass is 10.1. The van der Waals surface area contributed by atoms with Crippen LogP contribution in [-0.2, 0) is 16.0 Å². The molecule has 0 atom stereocenters. The number of nitrogens with zero attached hydrogens (tertiary/aromatic N) is 3. The van der Waals surface area contributed by atoms with Gasteiger partial charge in [0, 0.05) is 30.7 Å². The van der Waals surface area contributed by atoms with Crippen LogP contribution in [0.1, 0.15) is 11.3 Å². The molecule has 2 amide bonds. The lowest BCUT2D eigenvalue weighted by molar-refractivity contribution is -0.125. The zero-order valence-corrected chi connectivity index (χ0v) is 15.1. The van der Waals surface area contributed by atoms with Gasteiger partial charge in [-0.25, -0.2) is 4.98 Å². The van der Waals surface area contributed by atoms with E-state index in [1.54, 1.807) is 11.3 Å². The molecule has 1 N–H and O–H groups in total. The molecule has 26 heavy (non-hydrogen) atoms. The molecule has 1 aliphatic heterocycles. The molecule has 0 spiro atoms. The molecule has 0 saturated heterocycles. The molecule has 4 rings (SSSR count). The molecule has 1 aromatic carbocycles. The number of aromatic nitrogens is 2. The number of imidazole rings is 1. The summed E-state index contributed by atoms with van der Waals surface area (Å²) in [6, 6.07) is 5.60. The number of ether oxygens (including phenoxy) is 1. The van der Waals surface area contributed by atoms with E-state index in [1.807, 2.05) is 47.3 Å². The van der Waals surface area contributed by atoms with Crippen LogP contribution in [0.2, 0.25) is 0 Å². The SMILES string of the molecule is Cc1ccc2c(c1)N(CC(=O)NCCc1cn3ccsc3n1)C(=O)CO2. The minimum absolute atomic E-state index is 0.0169. The average molecular weight is 370 g/mol. The number of carbonyl (C=O) groups is 2. The minimum Gasteiger partial charge on any atom is -0.482 e. The molecule has 0 radical (unpaired) electrons. The lowest BCUT2D eigenvalue weighted by Gasteiger charge is -2.29. The van der Waals surface area contributed by atoms with Crippen LogP contribution in [0.3, 0.4) is 0 Å². The highest BCUT2D eigenvalue weighted by Crippen LogP contribution is 2.32. The Balaban J connectivity index is 1.36. The van der Waals surface area contributed by atoms with Crippen molar-refractivity contribution in [2.45, 2.75) is 13.3 Å². The summed E-state index contributed by atoms with van der Waals surface area (Å²) >= 11 is 1.57. The van der Waals surface area contributed by atoms with E-state index in [0.29, 0.717) is 24.4 Å². The first-order valence-corrected chi connectivity index (χ1v) is 9.20. The maximum Gasteiger partial charge on any atom is 0.265 e. The van der Waals surface area contributed by atoms with Crippen LogP contribution in [0.4, 0.5) is 5.69 Å². The van der Waals surface area contributed by atoms with E-state index >= 15 is 0 Å². The molecule has 1 aliphatic rings. The summed E-state index contributed by atoms with van der Waals surface area (Å²) in [5.41, 5.74) is 2.58. The van der Waals surface area contributed by atoms with E-state index in [0.717, 1.165) is 16.2 Å². The fraction of sp³-hybridized carbons (Fsp3) is 0.278. The Kier molecular flexibility index (Phi) is 4.34. The van der Waals surface area contributed by atoms with E-state index in [9.17, 15) is 9.59 Å². The van der Waals surface area contributed by atoms with Crippen molar-refractivity contribution in [3.05, 3.63) is 47.2 Å². The number of hydrogen-bond donors (Lipinski definition) is 1. The summed E-state index contributed by atoms with van der Waals surface area (Å²) in [5, 5.41) is 4.84. The fourth-order valence-corrected chi connectivity index (χ4v) is 3.63. The number of rotatable bonds is 5. The van der Waals surface area contributed by atoms with Gasteiger partial charge in [0.05, 0.1) is 11.4 Å². The summed E-state index contributed by atoms with van der Waals surface area (Å²) in [5.74, 6) is 0.211. The van der Waals surface area contributed by atoms with Crippen molar-refractivity contribution in [1.29, 1.82) is 0 Å². The lowest BCUT2D eigenvalue weighted by Crippen LogP contribution is -2.45. The first-order chi connectivity index (χ1) is 12.6. The molecule has 7 nitrogen and oxygen atoms in total. The van der Waals surface area contributed by atoms with Crippen LogP contribution in [0.5, 0.6) is 5.75 Å². The number of thiazole rings is 1. The average Bonchev–Trinajstić information content (AvgIpc) is 3.19. The second-order valence-electron chi connectivity index (χ2n) is 6.16. The highest BCUT2D eigenvalue weighted by molar-refractivity contribution is 7.15. The Morgan fingerprint density at radius 3 is 3.15 bits per heavy atom. The van der Waals surface area contributed by atoms with Crippen LogP contribution in [-0.4, -0.2) is 40.9 Å². The normalized spacial score (nSPS) is 13.6. The van der Waals surface area contributed by atoms with Crippen molar-refractivity contribution < 1.29 is 14.3 Å². The van der Waals surface area contributed by atoms with Crippen molar-refractivity contribution in [3.8, 4) is 5.75 Å². The Bertz CT molecular complexity index is 949. The van der Waals surface area contributed by atoms with Crippen LogP contribution >= 0.6 is 11.3 Å². The summed E-state index contributed by atoms with van der Waals surface area (Å²) in [7, 11) is 0. The summed E-state index contributed by atoms with van der Waals surface area (Å²) in [6.07, 6.45) is 4.56. The van der Waals surface area contributed by atoms with E-state index in [-0.39, 0.29) is 25.0 Å². The molecule has 8 heteroatoms. The number of nitrogens with one attached hydrogen (secondary N) is 1. The number of aryl methyl sites for hydroxylation is 1. The number of benzene rings is 1. The molecule has 0 unspecified atom stereocenters. The minimum atomic E-state index is -0.215. The molecule has 3 aromatic rings. The molecular formula is C18H18N4O3S. The van der Waals surface area contributed by atoms with Crippen molar-refractivity contribution in [2.24, 2.45) is 0 Å². The number of amides is 2. The van der Waals surface area contributed by atoms with Gasteiger partial charge >= 0.3 is 0 Å². The number of anilines is 1. The van der Waals surface area contributed by atoms with Crippen molar-refractivity contribution in [3.63, 3.8) is 0 Å². The second-order valence-corrected chi connectivity index (χ2v) is 7.04. The monoisotopic (exact) mass is 370 g/mol. The molecule has 3 heterocycles. The third kappa shape index (κ3) is 3.28. The molecule has 134 valence electrons. The van der Waals surface area contributed by atoms with Crippen LogP contribution in [0, 0.1) is 6.92 Å². The topological polar surface area (TPSA) is 75.9 Å². The highest BCUT2D eigenvalue weighted by Gasteiger charge is 2.27. The molecule has 0 saturated carbocycles. The quantitative estimate of drug-likeness (QED) is 0.743. The summed E-state index contributed by atoms with van der Waals surface area (Å²) in [4.78, 5) is 31.4. The Morgan fingerprint density at radius 2 is 2.31 bits per heavy atom. The second kappa shape index (κ2) is 6.80. The van der Waals surface area contributed by atoms with Gasteiger partial charge in [-0.05, 0) is 24.6 Å². The van der Waals surface area contributed by atoms with Crippen LogP contribution < -0.4 is 15.0 Å². The predicted octanol–water partition coefficient (Wildman–Crippen LogP) is 1.79. The standard InChI is InChI=1S/C18H18N4O3S/c1-12-2-3-15-14(8-12)22(17(24)11-25-15)10-16(23)19-5-4-13-9-21-6-7-26-18(21)20-13/h2-3,6-9H,4-5,10-11H2,1H3,(H,19,23). The van der Waals surface area contributed by atoms with Gasteiger partial charge in [0.2, 0.25) is 5.91 Å². The van der Waals surface area contributed by atoms with Gasteiger partial charge in [0.1, 0.15) is 12.3 Å². The Hall–Kier alpha value is -2.87. The van der Waals surface area contributed by atoms with E-state index in [4.69, 9.17) is 4.74 Å². The van der Waals surface area contributed by atoms with Crippen molar-refractivity contribution in [2.75, 3.05) is 24.6 Å². The molecule has 0 bridgehead atoms. The number of hydrogen-bond acceptors (Lipinski definition) is 5. The van der Waals surface area contributed by atoms with Crippen LogP contribution in [0.25, 0.3) is 4.96 Å². The molecule has 0 aliphatic carbocycles. The van der Waals surface area contributed by atoms with Gasteiger partial charge in [0.15, 0.2) is 11.6 Å². The van der Waals surface area contributed by atoms with Gasteiger partial charge in [-0.1, -0.05) is 6.07 Å². The zero-order valence-electron chi connectivity index (χ0n) is 14.3.